The van der Waals surface area contributed by atoms with Crippen LogP contribution in [-0.4, -0.2) is 53.2 Å². The van der Waals surface area contributed by atoms with Gasteiger partial charge < -0.3 is 4.90 Å². The van der Waals surface area contributed by atoms with Gasteiger partial charge >= 0.3 is 0 Å². The Bertz CT molecular complexity index is 676. The number of thiophene rings is 1. The van der Waals surface area contributed by atoms with E-state index in [2.05, 4.69) is 0 Å². The van der Waals surface area contributed by atoms with Crippen molar-refractivity contribution in [3.63, 3.8) is 0 Å². The summed E-state index contributed by atoms with van der Waals surface area (Å²) < 4.78 is 44.0. The molecule has 19 heavy (non-hydrogen) atoms. The fourth-order valence-electron chi connectivity index (χ4n) is 1.18. The van der Waals surface area contributed by atoms with Crippen LogP contribution in [0.3, 0.4) is 0 Å². The highest BCUT2D eigenvalue weighted by Crippen LogP contribution is 2.24. The summed E-state index contributed by atoms with van der Waals surface area (Å²) in [6.45, 7) is 0.0382. The highest BCUT2D eigenvalue weighted by atomic mass is 35.7. The largest absolute Gasteiger partial charge is 0.341 e. The number of halogens is 1. The minimum atomic E-state index is -3.85. The third kappa shape index (κ3) is 5.09. The Hall–Kier alpha value is -0.640. The monoisotopic (exact) mass is 345 g/mol. The van der Waals surface area contributed by atoms with E-state index in [0.29, 0.717) is 0 Å². The number of carbonyl (C=O) groups excluding carboxylic acids is 1. The smallest absolute Gasteiger partial charge is 0.270 e. The zero-order valence-corrected chi connectivity index (χ0v) is 13.4. The van der Waals surface area contributed by atoms with Gasteiger partial charge in [0, 0.05) is 35.9 Å². The number of hydrogen-bond donors (Lipinski definition) is 0. The van der Waals surface area contributed by atoms with Gasteiger partial charge in [-0.1, -0.05) is 0 Å². The summed E-state index contributed by atoms with van der Waals surface area (Å²) in [5, 5.41) is 1.37. The van der Waals surface area contributed by atoms with Crippen LogP contribution in [0.2, 0.25) is 0 Å². The van der Waals surface area contributed by atoms with Crippen LogP contribution in [0, 0.1) is 0 Å². The highest BCUT2D eigenvalue weighted by molar-refractivity contribution is 8.15. The summed E-state index contributed by atoms with van der Waals surface area (Å²) in [5.74, 6) is -0.605. The summed E-state index contributed by atoms with van der Waals surface area (Å²) in [7, 11) is -0.414. The lowest BCUT2D eigenvalue weighted by atomic mass is 10.3. The maximum atomic E-state index is 11.9. The molecule has 0 saturated heterocycles. The molecule has 1 aromatic heterocycles. The number of rotatable bonds is 5. The third-order valence-electron chi connectivity index (χ3n) is 2.21. The SMILES string of the molecule is CN(CCS(C)(=O)=O)C(=O)c1csc(S(=O)(=O)Cl)c1. The summed E-state index contributed by atoms with van der Waals surface area (Å²) >= 11 is 0.840. The molecule has 0 fully saturated rings. The standard InChI is InChI=1S/C9H12ClNO5S3/c1-11(3-4-18(2,13)14)9(12)7-5-8(17-6-7)19(10,15)16/h5-6H,3-4H2,1-2H3. The second-order valence-electron chi connectivity index (χ2n) is 3.95. The Morgan fingerprint density at radius 1 is 1.37 bits per heavy atom. The normalized spacial score (nSPS) is 12.4. The molecule has 0 radical (unpaired) electrons. The van der Waals surface area contributed by atoms with Crippen LogP contribution in [0.4, 0.5) is 0 Å². The summed E-state index contributed by atoms with van der Waals surface area (Å²) in [6, 6.07) is 1.17. The first-order chi connectivity index (χ1) is 8.50. The molecule has 1 amide bonds. The molecule has 0 saturated carbocycles. The minimum Gasteiger partial charge on any atom is -0.341 e. The van der Waals surface area contributed by atoms with Crippen molar-refractivity contribution < 1.29 is 21.6 Å². The molecule has 0 aliphatic rings. The van der Waals surface area contributed by atoms with Crippen molar-refractivity contribution in [3.8, 4) is 0 Å². The molecule has 0 aliphatic heterocycles. The second-order valence-corrected chi connectivity index (χ2v) is 9.91. The third-order valence-corrected chi connectivity index (χ3v) is 6.17. The quantitative estimate of drug-likeness (QED) is 0.736. The van der Waals surface area contributed by atoms with Crippen LogP contribution < -0.4 is 0 Å². The topological polar surface area (TPSA) is 88.6 Å². The molecule has 6 nitrogen and oxygen atoms in total. The van der Waals surface area contributed by atoms with Crippen LogP contribution in [0.5, 0.6) is 0 Å². The lowest BCUT2D eigenvalue weighted by Crippen LogP contribution is -2.31. The maximum absolute atomic E-state index is 11.9. The van der Waals surface area contributed by atoms with Crippen LogP contribution in [0.25, 0.3) is 0 Å². The van der Waals surface area contributed by atoms with Crippen molar-refractivity contribution in [3.05, 3.63) is 17.0 Å². The van der Waals surface area contributed by atoms with Crippen LogP contribution >= 0.6 is 22.0 Å². The van der Waals surface area contributed by atoms with E-state index in [0.717, 1.165) is 17.6 Å². The fraction of sp³-hybridized carbons (Fsp3) is 0.444. The van der Waals surface area contributed by atoms with Gasteiger partial charge in [0.25, 0.3) is 15.0 Å². The van der Waals surface area contributed by atoms with E-state index in [1.54, 1.807) is 0 Å². The lowest BCUT2D eigenvalue weighted by Gasteiger charge is -2.15. The van der Waals surface area contributed by atoms with Gasteiger partial charge in [-0.25, -0.2) is 16.8 Å². The van der Waals surface area contributed by atoms with Crippen LogP contribution in [0.1, 0.15) is 10.4 Å². The first-order valence-corrected chi connectivity index (χ1v) is 10.2. The number of amides is 1. The van der Waals surface area contributed by atoms with Gasteiger partial charge in [0.1, 0.15) is 14.0 Å². The Morgan fingerprint density at radius 2 is 1.95 bits per heavy atom. The Kier molecular flexibility index (Phi) is 4.99. The first-order valence-electron chi connectivity index (χ1n) is 4.97. The van der Waals surface area contributed by atoms with Gasteiger partial charge in [0.2, 0.25) is 0 Å². The van der Waals surface area contributed by atoms with Crippen LogP contribution in [-0.2, 0) is 18.9 Å². The van der Waals surface area contributed by atoms with Gasteiger partial charge in [-0.05, 0) is 6.07 Å². The Balaban J connectivity index is 2.81. The molecule has 0 N–H and O–H groups in total. The second kappa shape index (κ2) is 5.78. The fourth-order valence-corrected chi connectivity index (χ4v) is 3.73. The van der Waals surface area contributed by atoms with E-state index in [4.69, 9.17) is 10.7 Å². The van der Waals surface area contributed by atoms with Gasteiger partial charge in [0.15, 0.2) is 0 Å². The van der Waals surface area contributed by atoms with E-state index in [9.17, 15) is 21.6 Å². The van der Waals surface area contributed by atoms with E-state index in [1.165, 1.54) is 23.4 Å². The highest BCUT2D eigenvalue weighted by Gasteiger charge is 2.19. The first kappa shape index (κ1) is 16.4. The molecule has 0 atom stereocenters. The molecule has 1 heterocycles. The zero-order chi connectivity index (χ0) is 14.8. The molecular formula is C9H12ClNO5S3. The number of hydrogen-bond acceptors (Lipinski definition) is 6. The summed E-state index contributed by atoms with van der Waals surface area (Å²) in [6.07, 6.45) is 1.08. The molecule has 0 aliphatic carbocycles. The summed E-state index contributed by atoms with van der Waals surface area (Å²) in [4.78, 5) is 13.1. The van der Waals surface area contributed by atoms with E-state index in [1.807, 2.05) is 0 Å². The number of carbonyl (C=O) groups is 1. The van der Waals surface area contributed by atoms with E-state index >= 15 is 0 Å². The predicted molar refractivity (Wildman–Crippen MR) is 74.0 cm³/mol. The van der Waals surface area contributed by atoms with E-state index < -0.39 is 24.8 Å². The molecular weight excluding hydrogens is 334 g/mol. The van der Waals surface area contributed by atoms with E-state index in [-0.39, 0.29) is 22.1 Å². The van der Waals surface area contributed by atoms with Gasteiger partial charge in [0.05, 0.1) is 11.3 Å². The lowest BCUT2D eigenvalue weighted by molar-refractivity contribution is 0.0804. The van der Waals surface area contributed by atoms with Crippen LogP contribution in [0.15, 0.2) is 15.7 Å². The number of nitrogens with zero attached hydrogens (tertiary/aromatic N) is 1. The molecule has 108 valence electrons. The molecule has 10 heteroatoms. The molecule has 0 spiro atoms. The average molecular weight is 346 g/mol. The predicted octanol–water partition coefficient (Wildman–Crippen LogP) is 0.792. The minimum absolute atomic E-state index is 0.0382. The number of sulfone groups is 1. The van der Waals surface area contributed by atoms with Gasteiger partial charge in [-0.2, -0.15) is 0 Å². The van der Waals surface area contributed by atoms with Gasteiger partial charge in [-0.15, -0.1) is 11.3 Å². The average Bonchev–Trinajstić information content (AvgIpc) is 2.72. The molecule has 0 bridgehead atoms. The van der Waals surface area contributed by atoms with Crippen molar-refractivity contribution in [1.82, 2.24) is 4.90 Å². The molecule has 0 unspecified atom stereocenters. The zero-order valence-electron chi connectivity index (χ0n) is 10.2. The van der Waals surface area contributed by atoms with Crippen molar-refractivity contribution >= 4 is 46.8 Å². The Morgan fingerprint density at radius 3 is 2.37 bits per heavy atom. The summed E-state index contributed by atoms with van der Waals surface area (Å²) in [5.41, 5.74) is 0.167. The molecule has 1 aromatic rings. The van der Waals surface area contributed by atoms with Crippen molar-refractivity contribution in [2.45, 2.75) is 4.21 Å². The van der Waals surface area contributed by atoms with Crippen molar-refractivity contribution in [2.24, 2.45) is 0 Å². The molecule has 1 rings (SSSR count). The van der Waals surface area contributed by atoms with Gasteiger partial charge in [-0.3, -0.25) is 4.79 Å². The Labute approximate surface area is 120 Å². The maximum Gasteiger partial charge on any atom is 0.270 e. The van der Waals surface area contributed by atoms with Crippen molar-refractivity contribution in [1.29, 1.82) is 0 Å². The van der Waals surface area contributed by atoms with Crippen molar-refractivity contribution in [2.75, 3.05) is 25.6 Å². The molecule has 0 aromatic carbocycles.